The Kier molecular flexibility index (Phi) is 5.49. The molecule has 0 bridgehead atoms. The van der Waals surface area contributed by atoms with Gasteiger partial charge in [0.25, 0.3) is 5.56 Å². The lowest BCUT2D eigenvalue weighted by Crippen LogP contribution is -2.21. The molecule has 0 spiro atoms. The molecule has 0 amide bonds. The van der Waals surface area contributed by atoms with E-state index >= 15 is 0 Å². The Hall–Kier alpha value is -4.58. The van der Waals surface area contributed by atoms with Gasteiger partial charge in [-0.2, -0.15) is 0 Å². The van der Waals surface area contributed by atoms with Gasteiger partial charge in [-0.05, 0) is 53.9 Å². The van der Waals surface area contributed by atoms with Crippen LogP contribution in [0.15, 0.2) is 95.9 Å². The van der Waals surface area contributed by atoms with Crippen molar-refractivity contribution in [1.29, 1.82) is 0 Å². The summed E-state index contributed by atoms with van der Waals surface area (Å²) in [6.07, 6.45) is 1.78. The van der Waals surface area contributed by atoms with Crippen molar-refractivity contribution in [3.05, 3.63) is 129 Å². The van der Waals surface area contributed by atoms with Crippen molar-refractivity contribution in [2.24, 2.45) is 7.05 Å². The van der Waals surface area contributed by atoms with Gasteiger partial charge < -0.3 is 14.8 Å². The number of aryl methyl sites for hydroxylation is 2. The number of carbonyl (C=O) groups is 1. The largest absolute Gasteiger partial charge is 0.508 e. The van der Waals surface area contributed by atoms with Gasteiger partial charge in [-0.3, -0.25) is 9.36 Å². The molecule has 3 aromatic carbocycles. The van der Waals surface area contributed by atoms with E-state index in [0.717, 1.165) is 22.3 Å². The monoisotopic (exact) mass is 464 g/mol. The van der Waals surface area contributed by atoms with Crippen LogP contribution in [0.5, 0.6) is 5.75 Å². The molecule has 6 nitrogen and oxygen atoms in total. The second-order valence-electron chi connectivity index (χ2n) is 8.70. The van der Waals surface area contributed by atoms with Crippen molar-refractivity contribution in [3.63, 3.8) is 0 Å². The van der Waals surface area contributed by atoms with Gasteiger partial charge >= 0.3 is 5.97 Å². The van der Waals surface area contributed by atoms with Crippen molar-refractivity contribution in [2.45, 2.75) is 12.8 Å². The van der Waals surface area contributed by atoms with Gasteiger partial charge in [0.1, 0.15) is 17.0 Å². The number of fused-ring (bicyclic) bond motifs is 1. The molecule has 2 N–H and O–H groups in total. The number of aromatic nitrogens is 2. The van der Waals surface area contributed by atoms with Gasteiger partial charge in [0, 0.05) is 30.2 Å². The standard InChI is InChI=1S/C29H24N2O4/c1-18-8-12-21(13-9-18)31-25(29(34)35)16-23-24(17-30(2)28(33)27(23)31)26(19-6-4-3-5-7-19)20-10-14-22(32)15-11-20/h3-17,26,32H,1-2H3,(H,34,35). The molecule has 174 valence electrons. The molecule has 2 heterocycles. The fourth-order valence-electron chi connectivity index (χ4n) is 4.66. The molecule has 2 aromatic heterocycles. The van der Waals surface area contributed by atoms with E-state index in [9.17, 15) is 19.8 Å². The Labute approximate surface area is 202 Å². The van der Waals surface area contributed by atoms with E-state index < -0.39 is 5.97 Å². The van der Waals surface area contributed by atoms with E-state index in [1.807, 2.05) is 73.7 Å². The van der Waals surface area contributed by atoms with Crippen LogP contribution in [0.3, 0.4) is 0 Å². The van der Waals surface area contributed by atoms with Gasteiger partial charge in [0.05, 0.1) is 0 Å². The Morgan fingerprint density at radius 1 is 0.886 bits per heavy atom. The summed E-state index contributed by atoms with van der Waals surface area (Å²) in [6, 6.07) is 25.8. The molecule has 5 aromatic rings. The third-order valence-corrected chi connectivity index (χ3v) is 6.35. The second-order valence-corrected chi connectivity index (χ2v) is 8.70. The smallest absolute Gasteiger partial charge is 0.352 e. The highest BCUT2D eigenvalue weighted by Gasteiger charge is 2.26. The van der Waals surface area contributed by atoms with Crippen LogP contribution in [0.2, 0.25) is 0 Å². The maximum absolute atomic E-state index is 13.4. The first-order valence-electron chi connectivity index (χ1n) is 11.2. The number of benzene rings is 3. The SMILES string of the molecule is Cc1ccc(-n2c(C(=O)O)cc3c(C(c4ccccc4)c4ccc(O)cc4)cn(C)c(=O)c32)cc1. The molecule has 0 saturated heterocycles. The molecule has 0 aliphatic rings. The van der Waals surface area contributed by atoms with Crippen LogP contribution in [-0.2, 0) is 7.05 Å². The molecule has 35 heavy (non-hydrogen) atoms. The van der Waals surface area contributed by atoms with Crippen LogP contribution in [0.25, 0.3) is 16.6 Å². The van der Waals surface area contributed by atoms with E-state index in [1.54, 1.807) is 31.4 Å². The van der Waals surface area contributed by atoms with Gasteiger partial charge in [0.15, 0.2) is 0 Å². The summed E-state index contributed by atoms with van der Waals surface area (Å²) in [7, 11) is 1.68. The summed E-state index contributed by atoms with van der Waals surface area (Å²) in [6.45, 7) is 1.95. The fourth-order valence-corrected chi connectivity index (χ4v) is 4.66. The molecule has 0 aliphatic carbocycles. The number of rotatable bonds is 5. The topological polar surface area (TPSA) is 84.5 Å². The Bertz CT molecular complexity index is 1600. The number of nitrogens with zero attached hydrogens (tertiary/aromatic N) is 2. The molecule has 0 fully saturated rings. The van der Waals surface area contributed by atoms with Gasteiger partial charge in [0.2, 0.25) is 0 Å². The van der Waals surface area contributed by atoms with E-state index in [1.165, 1.54) is 9.13 Å². The van der Waals surface area contributed by atoms with Crippen molar-refractivity contribution >= 4 is 16.9 Å². The van der Waals surface area contributed by atoms with Crippen molar-refractivity contribution in [1.82, 2.24) is 9.13 Å². The number of aromatic hydroxyl groups is 1. The number of phenols is 1. The predicted molar refractivity (Wildman–Crippen MR) is 136 cm³/mol. The first-order chi connectivity index (χ1) is 16.8. The average molecular weight is 465 g/mol. The molecule has 6 heteroatoms. The minimum Gasteiger partial charge on any atom is -0.508 e. The number of phenolic OH excluding ortho intramolecular Hbond substituents is 1. The van der Waals surface area contributed by atoms with Crippen LogP contribution >= 0.6 is 0 Å². The van der Waals surface area contributed by atoms with Crippen molar-refractivity contribution < 1.29 is 15.0 Å². The minimum atomic E-state index is -1.12. The summed E-state index contributed by atoms with van der Waals surface area (Å²) in [4.78, 5) is 25.8. The van der Waals surface area contributed by atoms with Gasteiger partial charge in [-0.1, -0.05) is 60.2 Å². The zero-order valence-electron chi connectivity index (χ0n) is 19.3. The van der Waals surface area contributed by atoms with Gasteiger partial charge in [-0.25, -0.2) is 4.79 Å². The molecule has 0 radical (unpaired) electrons. The molecule has 0 aliphatic heterocycles. The maximum Gasteiger partial charge on any atom is 0.352 e. The highest BCUT2D eigenvalue weighted by molar-refractivity contribution is 5.97. The summed E-state index contributed by atoms with van der Waals surface area (Å²) in [5.74, 6) is -1.25. The van der Waals surface area contributed by atoms with E-state index in [2.05, 4.69) is 0 Å². The molecular formula is C29H24N2O4. The number of pyridine rings is 1. The molecule has 1 unspecified atom stereocenters. The third-order valence-electron chi connectivity index (χ3n) is 6.35. The summed E-state index contributed by atoms with van der Waals surface area (Å²) >= 11 is 0. The summed E-state index contributed by atoms with van der Waals surface area (Å²) in [5.41, 5.74) is 4.39. The first-order valence-corrected chi connectivity index (χ1v) is 11.2. The number of carboxylic acid groups (broad SMARTS) is 1. The summed E-state index contributed by atoms with van der Waals surface area (Å²) in [5, 5.41) is 20.5. The number of carboxylic acids is 1. The lowest BCUT2D eigenvalue weighted by Gasteiger charge is -2.21. The van der Waals surface area contributed by atoms with E-state index in [4.69, 9.17) is 0 Å². The number of hydrogen-bond donors (Lipinski definition) is 2. The molecule has 1 atom stereocenters. The molecular weight excluding hydrogens is 440 g/mol. The molecule has 5 rings (SSSR count). The maximum atomic E-state index is 13.4. The van der Waals surface area contributed by atoms with Crippen LogP contribution < -0.4 is 5.56 Å². The predicted octanol–water partition coefficient (Wildman–Crippen LogP) is 5.22. The van der Waals surface area contributed by atoms with Crippen LogP contribution in [0.1, 0.15) is 38.7 Å². The van der Waals surface area contributed by atoms with Crippen LogP contribution in [-0.4, -0.2) is 25.3 Å². The van der Waals surface area contributed by atoms with E-state index in [0.29, 0.717) is 16.6 Å². The minimum absolute atomic E-state index is 0.0194. The van der Waals surface area contributed by atoms with E-state index in [-0.39, 0.29) is 22.9 Å². The van der Waals surface area contributed by atoms with Crippen LogP contribution in [0, 0.1) is 6.92 Å². The third kappa shape index (κ3) is 3.89. The Morgan fingerprint density at radius 3 is 2.14 bits per heavy atom. The lowest BCUT2D eigenvalue weighted by molar-refractivity contribution is 0.0688. The molecule has 0 saturated carbocycles. The van der Waals surface area contributed by atoms with Gasteiger partial charge in [-0.15, -0.1) is 0 Å². The first kappa shape index (κ1) is 22.2. The second kappa shape index (κ2) is 8.65. The zero-order chi connectivity index (χ0) is 24.7. The quantitative estimate of drug-likeness (QED) is 0.373. The highest BCUT2D eigenvalue weighted by atomic mass is 16.4. The summed E-state index contributed by atoms with van der Waals surface area (Å²) < 4.78 is 3.03. The van der Waals surface area contributed by atoms with Crippen LogP contribution in [0.4, 0.5) is 0 Å². The van der Waals surface area contributed by atoms with Crippen molar-refractivity contribution in [2.75, 3.05) is 0 Å². The Balaban J connectivity index is 1.89. The Morgan fingerprint density at radius 2 is 1.51 bits per heavy atom. The highest BCUT2D eigenvalue weighted by Crippen LogP contribution is 2.37. The fraction of sp³-hybridized carbons (Fsp3) is 0.103. The average Bonchev–Trinajstić information content (AvgIpc) is 3.26. The number of aromatic carboxylic acids is 1. The lowest BCUT2D eigenvalue weighted by atomic mass is 9.84. The zero-order valence-corrected chi connectivity index (χ0v) is 19.3. The number of hydrogen-bond acceptors (Lipinski definition) is 3. The normalized spacial score (nSPS) is 12.1. The van der Waals surface area contributed by atoms with Crippen molar-refractivity contribution in [3.8, 4) is 11.4 Å².